The van der Waals surface area contributed by atoms with Gasteiger partial charge in [0, 0.05) is 52.4 Å². The number of hydrogen-bond donors (Lipinski definition) is 2. The molecule has 0 amide bonds. The zero-order valence-corrected chi connectivity index (χ0v) is 10.3. The van der Waals surface area contributed by atoms with E-state index in [4.69, 9.17) is 5.11 Å². The fourth-order valence-corrected chi connectivity index (χ4v) is 1.53. The van der Waals surface area contributed by atoms with Gasteiger partial charge in [-0.05, 0) is 25.8 Å². The average molecular weight is 248 g/mol. The van der Waals surface area contributed by atoms with E-state index < -0.39 is 0 Å². The number of nitrogens with zero attached hydrogens (tertiary/aromatic N) is 1. The van der Waals surface area contributed by atoms with Gasteiger partial charge in [0.1, 0.15) is 0 Å². The Bertz CT molecular complexity index is 113. The molecule has 0 aromatic rings. The standard InChI is InChI=1S/C8H17NO2.Y/c10-6-2-5-9-4-1-3-8(11)7-9;/h8,10-11H,1-7H2;. The topological polar surface area (TPSA) is 43.7 Å². The van der Waals surface area contributed by atoms with Crippen LogP contribution < -0.4 is 0 Å². The number of aliphatic hydroxyl groups is 2. The number of likely N-dealkylation sites (tertiary alicyclic amines) is 1. The van der Waals surface area contributed by atoms with Crippen LogP contribution in [0.2, 0.25) is 0 Å². The molecule has 1 atom stereocenters. The van der Waals surface area contributed by atoms with Crippen LogP contribution in [0.5, 0.6) is 0 Å². The molecule has 1 aliphatic heterocycles. The molecule has 1 heterocycles. The van der Waals surface area contributed by atoms with Gasteiger partial charge in [-0.15, -0.1) is 0 Å². The summed E-state index contributed by atoms with van der Waals surface area (Å²) < 4.78 is 0. The molecular weight excluding hydrogens is 231 g/mol. The van der Waals surface area contributed by atoms with Gasteiger partial charge in [-0.2, -0.15) is 0 Å². The smallest absolute Gasteiger partial charge is 0.0667 e. The van der Waals surface area contributed by atoms with E-state index in [-0.39, 0.29) is 45.4 Å². The maximum absolute atomic E-state index is 9.27. The van der Waals surface area contributed by atoms with Crippen LogP contribution in [0.25, 0.3) is 0 Å². The van der Waals surface area contributed by atoms with E-state index in [1.165, 1.54) is 0 Å². The van der Waals surface area contributed by atoms with E-state index in [1.807, 2.05) is 0 Å². The van der Waals surface area contributed by atoms with Crippen molar-refractivity contribution in [1.82, 2.24) is 4.90 Å². The molecule has 1 aliphatic rings. The number of aliphatic hydroxyl groups excluding tert-OH is 2. The van der Waals surface area contributed by atoms with Crippen molar-refractivity contribution in [3.05, 3.63) is 0 Å². The van der Waals surface area contributed by atoms with E-state index >= 15 is 0 Å². The summed E-state index contributed by atoms with van der Waals surface area (Å²) in [5.74, 6) is 0. The van der Waals surface area contributed by atoms with Crippen molar-refractivity contribution in [3.8, 4) is 0 Å². The van der Waals surface area contributed by atoms with E-state index in [1.54, 1.807) is 0 Å². The summed E-state index contributed by atoms with van der Waals surface area (Å²) in [7, 11) is 0. The number of hydrogen-bond acceptors (Lipinski definition) is 3. The van der Waals surface area contributed by atoms with Gasteiger partial charge < -0.3 is 15.1 Å². The molecule has 1 unspecified atom stereocenters. The first-order valence-corrected chi connectivity index (χ1v) is 4.34. The summed E-state index contributed by atoms with van der Waals surface area (Å²) >= 11 is 0. The van der Waals surface area contributed by atoms with Gasteiger partial charge in [-0.25, -0.2) is 0 Å². The van der Waals surface area contributed by atoms with Crippen molar-refractivity contribution >= 4 is 0 Å². The van der Waals surface area contributed by atoms with Crippen LogP contribution in [0.15, 0.2) is 0 Å². The van der Waals surface area contributed by atoms with Crippen molar-refractivity contribution in [2.45, 2.75) is 25.4 Å². The molecule has 12 heavy (non-hydrogen) atoms. The summed E-state index contributed by atoms with van der Waals surface area (Å²) in [5.41, 5.74) is 0. The quantitative estimate of drug-likeness (QED) is 0.728. The Labute approximate surface area is 99.0 Å². The first kappa shape index (κ1) is 13.0. The molecule has 0 saturated carbocycles. The third kappa shape index (κ3) is 4.88. The second kappa shape index (κ2) is 7.39. The predicted molar refractivity (Wildman–Crippen MR) is 43.4 cm³/mol. The van der Waals surface area contributed by atoms with Gasteiger partial charge in [-0.3, -0.25) is 0 Å². The number of rotatable bonds is 3. The minimum atomic E-state index is -0.137. The zero-order valence-electron chi connectivity index (χ0n) is 7.45. The van der Waals surface area contributed by atoms with Crippen molar-refractivity contribution < 1.29 is 42.9 Å². The van der Waals surface area contributed by atoms with E-state index in [0.29, 0.717) is 0 Å². The van der Waals surface area contributed by atoms with Gasteiger partial charge in [-0.1, -0.05) is 0 Å². The zero-order chi connectivity index (χ0) is 8.10. The molecule has 0 spiro atoms. The van der Waals surface area contributed by atoms with E-state index in [2.05, 4.69) is 4.90 Å². The summed E-state index contributed by atoms with van der Waals surface area (Å²) in [4.78, 5) is 2.21. The fourth-order valence-electron chi connectivity index (χ4n) is 1.53. The normalized spacial score (nSPS) is 25.0. The fraction of sp³-hybridized carbons (Fsp3) is 1.00. The van der Waals surface area contributed by atoms with Crippen LogP contribution in [0.4, 0.5) is 0 Å². The maximum Gasteiger partial charge on any atom is 0.0667 e. The third-order valence-electron chi connectivity index (χ3n) is 2.11. The average Bonchev–Trinajstić information content (AvgIpc) is 2.01. The molecule has 0 bridgehead atoms. The van der Waals surface area contributed by atoms with Crippen molar-refractivity contribution in [2.75, 3.05) is 26.2 Å². The molecular formula is C8H17NO2Y. The molecule has 0 aromatic carbocycles. The molecule has 1 saturated heterocycles. The Morgan fingerprint density at radius 1 is 1.42 bits per heavy atom. The Morgan fingerprint density at radius 2 is 2.17 bits per heavy atom. The largest absolute Gasteiger partial charge is 0.396 e. The minimum Gasteiger partial charge on any atom is -0.396 e. The number of piperidine rings is 1. The van der Waals surface area contributed by atoms with Crippen molar-refractivity contribution in [3.63, 3.8) is 0 Å². The first-order valence-electron chi connectivity index (χ1n) is 4.34. The summed E-state index contributed by atoms with van der Waals surface area (Å²) in [6, 6.07) is 0. The van der Waals surface area contributed by atoms with Crippen LogP contribution in [-0.4, -0.2) is 47.5 Å². The predicted octanol–water partition coefficient (Wildman–Crippen LogP) is -0.177. The molecule has 4 heteroatoms. The van der Waals surface area contributed by atoms with Gasteiger partial charge in [0.2, 0.25) is 0 Å². The minimum absolute atomic E-state index is 0. The molecule has 1 radical (unpaired) electrons. The van der Waals surface area contributed by atoms with Crippen molar-refractivity contribution in [1.29, 1.82) is 0 Å². The van der Waals surface area contributed by atoms with Crippen LogP contribution in [0.1, 0.15) is 19.3 Å². The van der Waals surface area contributed by atoms with Crippen LogP contribution in [0.3, 0.4) is 0 Å². The first-order chi connectivity index (χ1) is 5.33. The summed E-state index contributed by atoms with van der Waals surface area (Å²) in [5, 5.41) is 17.8. The SMILES string of the molecule is OCCCN1CCCC(O)C1.[Y]. The molecule has 69 valence electrons. The second-order valence-corrected chi connectivity index (χ2v) is 3.17. The van der Waals surface area contributed by atoms with Crippen LogP contribution in [0, 0.1) is 0 Å². The second-order valence-electron chi connectivity index (χ2n) is 3.17. The van der Waals surface area contributed by atoms with E-state index in [0.717, 1.165) is 38.9 Å². The van der Waals surface area contributed by atoms with Crippen LogP contribution >= 0.6 is 0 Å². The Hall–Kier alpha value is 0.984. The Balaban J connectivity index is 0.00000121. The monoisotopic (exact) mass is 248 g/mol. The maximum atomic E-state index is 9.27. The summed E-state index contributed by atoms with van der Waals surface area (Å²) in [6.07, 6.45) is 2.72. The van der Waals surface area contributed by atoms with Gasteiger partial charge in [0.25, 0.3) is 0 Å². The Kier molecular flexibility index (Phi) is 8.00. The number of β-amino-alcohol motifs (C(OH)–C–C–N with tert-alkyl or cyclic N) is 1. The van der Waals surface area contributed by atoms with Gasteiger partial charge >= 0.3 is 0 Å². The molecule has 1 rings (SSSR count). The van der Waals surface area contributed by atoms with Crippen molar-refractivity contribution in [2.24, 2.45) is 0 Å². The van der Waals surface area contributed by atoms with Gasteiger partial charge in [0.15, 0.2) is 0 Å². The molecule has 3 nitrogen and oxygen atoms in total. The summed E-state index contributed by atoms with van der Waals surface area (Å²) in [6.45, 7) is 3.05. The van der Waals surface area contributed by atoms with E-state index in [9.17, 15) is 5.11 Å². The van der Waals surface area contributed by atoms with Gasteiger partial charge in [0.05, 0.1) is 6.10 Å². The molecule has 2 N–H and O–H groups in total. The Morgan fingerprint density at radius 3 is 2.75 bits per heavy atom. The molecule has 1 fully saturated rings. The molecule has 0 aromatic heterocycles. The van der Waals surface area contributed by atoms with Crippen LogP contribution in [-0.2, 0) is 32.7 Å². The molecule has 0 aliphatic carbocycles. The third-order valence-corrected chi connectivity index (χ3v) is 2.11.